The summed E-state index contributed by atoms with van der Waals surface area (Å²) in [4.78, 5) is 12.7. The second kappa shape index (κ2) is 6.71. The summed E-state index contributed by atoms with van der Waals surface area (Å²) in [7, 11) is 0. The predicted molar refractivity (Wildman–Crippen MR) is 99.6 cm³/mol. The van der Waals surface area contributed by atoms with Crippen LogP contribution in [0.3, 0.4) is 0 Å². The van der Waals surface area contributed by atoms with Crippen molar-refractivity contribution in [1.82, 2.24) is 30.0 Å². The van der Waals surface area contributed by atoms with E-state index in [4.69, 9.17) is 10.00 Å². The molecule has 5 rings (SSSR count). The van der Waals surface area contributed by atoms with Crippen LogP contribution in [0.4, 0.5) is 0 Å². The van der Waals surface area contributed by atoms with Crippen molar-refractivity contribution in [3.8, 4) is 11.9 Å². The normalized spacial score (nSPS) is 29.8. The van der Waals surface area contributed by atoms with Crippen molar-refractivity contribution < 1.29 is 4.74 Å². The molecule has 142 valence electrons. The van der Waals surface area contributed by atoms with E-state index in [1.807, 2.05) is 12.3 Å². The molecule has 0 spiro atoms. The third-order valence-electron chi connectivity index (χ3n) is 5.82. The Labute approximate surface area is 162 Å². The van der Waals surface area contributed by atoms with Crippen LogP contribution in [0, 0.1) is 17.2 Å². The smallest absolute Gasteiger partial charge is 0.232 e. The first-order chi connectivity index (χ1) is 13.8. The summed E-state index contributed by atoms with van der Waals surface area (Å²) < 4.78 is 8.29. The molecule has 0 radical (unpaired) electrons. The van der Waals surface area contributed by atoms with Crippen LogP contribution in [0.1, 0.15) is 55.5 Å². The molecule has 2 aromatic rings. The minimum atomic E-state index is 0.0182. The molecule has 1 saturated carbocycles. The third kappa shape index (κ3) is 2.72. The second-order valence-electron chi connectivity index (χ2n) is 7.36. The summed E-state index contributed by atoms with van der Waals surface area (Å²) in [5.41, 5.74) is 0.285. The first kappa shape index (κ1) is 16.9. The number of aromatic nitrogens is 5. The van der Waals surface area contributed by atoms with Gasteiger partial charge in [-0.3, -0.25) is 9.56 Å². The number of hydrogen-bond donors (Lipinski definition) is 1. The lowest BCUT2D eigenvalue weighted by Crippen LogP contribution is -2.33. The molecular formula is C19H20N8O. The molecule has 3 aliphatic rings. The molecule has 2 aliphatic heterocycles. The quantitative estimate of drug-likeness (QED) is 0.864. The van der Waals surface area contributed by atoms with Gasteiger partial charge >= 0.3 is 0 Å². The third-order valence-corrected chi connectivity index (χ3v) is 5.82. The molecule has 0 saturated heterocycles. The zero-order valence-electron chi connectivity index (χ0n) is 15.4. The lowest BCUT2D eigenvalue weighted by Gasteiger charge is -2.26. The highest BCUT2D eigenvalue weighted by atomic mass is 16.5. The number of fused-ring (bicyclic) bond motifs is 3. The van der Waals surface area contributed by atoms with Gasteiger partial charge in [-0.05, 0) is 31.0 Å². The van der Waals surface area contributed by atoms with Crippen molar-refractivity contribution in [2.24, 2.45) is 10.9 Å². The van der Waals surface area contributed by atoms with Gasteiger partial charge < -0.3 is 10.1 Å². The molecule has 0 amide bonds. The predicted octanol–water partition coefficient (Wildman–Crippen LogP) is 1.71. The van der Waals surface area contributed by atoms with Crippen molar-refractivity contribution >= 4 is 6.21 Å². The highest BCUT2D eigenvalue weighted by Gasteiger charge is 2.41. The average Bonchev–Trinajstić information content (AvgIpc) is 3.45. The van der Waals surface area contributed by atoms with Gasteiger partial charge in [0, 0.05) is 5.92 Å². The summed E-state index contributed by atoms with van der Waals surface area (Å²) in [5, 5.41) is 21.0. The van der Waals surface area contributed by atoms with Gasteiger partial charge in [-0.2, -0.15) is 5.26 Å². The molecule has 2 aromatic heterocycles. The maximum absolute atomic E-state index is 8.85. The van der Waals surface area contributed by atoms with Crippen LogP contribution in [0.5, 0.6) is 5.88 Å². The van der Waals surface area contributed by atoms with E-state index in [-0.39, 0.29) is 29.9 Å². The van der Waals surface area contributed by atoms with E-state index < -0.39 is 0 Å². The lowest BCUT2D eigenvalue weighted by atomic mass is 9.92. The maximum atomic E-state index is 8.85. The molecule has 9 nitrogen and oxygen atoms in total. The summed E-state index contributed by atoms with van der Waals surface area (Å²) in [6, 6.07) is 2.09. The van der Waals surface area contributed by atoms with Crippen LogP contribution >= 0.6 is 0 Å². The topological polar surface area (TPSA) is 114 Å². The number of nitriles is 1. The Morgan fingerprint density at radius 3 is 3.00 bits per heavy atom. The van der Waals surface area contributed by atoms with E-state index in [0.717, 1.165) is 30.9 Å². The van der Waals surface area contributed by atoms with E-state index in [0.29, 0.717) is 11.8 Å². The first-order valence-electron chi connectivity index (χ1n) is 9.56. The standard InChI is InChI=1S/C19H20N8O/c1-2-11-5-13(28-17-10-22-12(7-20)8-23-17)6-14(11)19-26-25-16-9-24-18-15(27(16)19)3-4-21-18/h3-4,8-11,13-15,18,21H,2,5-6H2,1H3. The van der Waals surface area contributed by atoms with Gasteiger partial charge in [-0.15, -0.1) is 10.2 Å². The Bertz CT molecular complexity index is 973. The molecule has 1 fully saturated rings. The number of rotatable bonds is 4. The fourth-order valence-corrected chi connectivity index (χ4v) is 4.47. The van der Waals surface area contributed by atoms with Crippen LogP contribution in [-0.4, -0.2) is 43.2 Å². The largest absolute Gasteiger partial charge is 0.473 e. The molecule has 0 aromatic carbocycles. The van der Waals surface area contributed by atoms with Gasteiger partial charge in [0.25, 0.3) is 0 Å². The van der Waals surface area contributed by atoms with Crippen LogP contribution in [0.2, 0.25) is 0 Å². The highest BCUT2D eigenvalue weighted by molar-refractivity contribution is 5.76. The average molecular weight is 376 g/mol. The minimum absolute atomic E-state index is 0.0182. The Kier molecular flexibility index (Phi) is 4.04. The number of ether oxygens (including phenoxy) is 1. The molecule has 28 heavy (non-hydrogen) atoms. The molecule has 5 unspecified atom stereocenters. The molecule has 4 heterocycles. The van der Waals surface area contributed by atoms with Gasteiger partial charge in [0.2, 0.25) is 5.88 Å². The number of aliphatic imine (C=N–C) groups is 1. The Balaban J connectivity index is 1.39. The summed E-state index contributed by atoms with van der Waals surface area (Å²) in [5.74, 6) is 3.00. The number of nitrogens with one attached hydrogen (secondary N) is 1. The highest BCUT2D eigenvalue weighted by Crippen LogP contribution is 2.43. The monoisotopic (exact) mass is 376 g/mol. The number of nitrogens with zero attached hydrogens (tertiary/aromatic N) is 7. The van der Waals surface area contributed by atoms with Crippen molar-refractivity contribution in [1.29, 1.82) is 5.26 Å². The Morgan fingerprint density at radius 2 is 2.21 bits per heavy atom. The Morgan fingerprint density at radius 1 is 1.29 bits per heavy atom. The van der Waals surface area contributed by atoms with Gasteiger partial charge in [0.05, 0.1) is 24.7 Å². The summed E-state index contributed by atoms with van der Waals surface area (Å²) in [6.45, 7) is 2.20. The lowest BCUT2D eigenvalue weighted by molar-refractivity contribution is 0.194. The van der Waals surface area contributed by atoms with E-state index in [9.17, 15) is 0 Å². The summed E-state index contributed by atoms with van der Waals surface area (Å²) >= 11 is 0. The fourth-order valence-electron chi connectivity index (χ4n) is 4.47. The minimum Gasteiger partial charge on any atom is -0.473 e. The van der Waals surface area contributed by atoms with Crippen LogP contribution < -0.4 is 10.1 Å². The SMILES string of the molecule is CCC1CC(Oc2cnc(C#N)cn2)CC1c1nnc2n1C1C=CNC1N=C2. The molecule has 9 heteroatoms. The van der Waals surface area contributed by atoms with Crippen LogP contribution in [0.15, 0.2) is 29.7 Å². The van der Waals surface area contributed by atoms with E-state index in [1.54, 1.807) is 6.21 Å². The first-order valence-corrected chi connectivity index (χ1v) is 9.56. The van der Waals surface area contributed by atoms with Gasteiger partial charge in [-0.25, -0.2) is 9.97 Å². The molecule has 1 N–H and O–H groups in total. The van der Waals surface area contributed by atoms with Crippen molar-refractivity contribution in [3.05, 3.63) is 42.0 Å². The molecule has 1 aliphatic carbocycles. The van der Waals surface area contributed by atoms with Gasteiger partial charge in [0.1, 0.15) is 24.2 Å². The summed E-state index contributed by atoms with van der Waals surface area (Å²) in [6.07, 6.45) is 11.7. The van der Waals surface area contributed by atoms with Gasteiger partial charge in [-0.1, -0.05) is 13.3 Å². The molecule has 5 atom stereocenters. The van der Waals surface area contributed by atoms with E-state index in [1.165, 1.54) is 12.4 Å². The van der Waals surface area contributed by atoms with E-state index >= 15 is 0 Å². The number of hydrogen-bond acceptors (Lipinski definition) is 8. The zero-order valence-corrected chi connectivity index (χ0v) is 15.4. The van der Waals surface area contributed by atoms with Crippen LogP contribution in [0.25, 0.3) is 0 Å². The fraction of sp³-hybridized carbons (Fsp3) is 0.474. The van der Waals surface area contributed by atoms with Crippen molar-refractivity contribution in [2.45, 2.75) is 50.4 Å². The van der Waals surface area contributed by atoms with Crippen molar-refractivity contribution in [3.63, 3.8) is 0 Å². The maximum Gasteiger partial charge on any atom is 0.232 e. The van der Waals surface area contributed by atoms with Crippen molar-refractivity contribution in [2.75, 3.05) is 0 Å². The van der Waals surface area contributed by atoms with Crippen LogP contribution in [-0.2, 0) is 0 Å². The molecule has 0 bridgehead atoms. The molecular weight excluding hydrogens is 356 g/mol. The second-order valence-corrected chi connectivity index (χ2v) is 7.36. The zero-order chi connectivity index (χ0) is 19.1. The van der Waals surface area contributed by atoms with E-state index in [2.05, 4.69) is 48.0 Å². The van der Waals surface area contributed by atoms with Gasteiger partial charge in [0.15, 0.2) is 11.5 Å². The Hall–Kier alpha value is -3.28.